The number of methoxy groups -OCH3 is 1. The predicted octanol–water partition coefficient (Wildman–Crippen LogP) is 2.87. The summed E-state index contributed by atoms with van der Waals surface area (Å²) in [4.78, 5) is 15.0. The Kier molecular flexibility index (Phi) is 5.01. The lowest BCUT2D eigenvalue weighted by Gasteiger charge is -2.09. The van der Waals surface area contributed by atoms with Crippen LogP contribution in [0, 0.1) is 10.7 Å². The Morgan fingerprint density at radius 2 is 2.24 bits per heavy atom. The van der Waals surface area contributed by atoms with Crippen LogP contribution in [0.3, 0.4) is 0 Å². The van der Waals surface area contributed by atoms with E-state index in [0.29, 0.717) is 30.2 Å². The SMILES string of the molecule is COc1ccc2[nH]c(=S)n(CCC(=O)NCC(C)C)c2c1. The van der Waals surface area contributed by atoms with Crippen LogP contribution in [0.2, 0.25) is 0 Å². The minimum absolute atomic E-state index is 0.0443. The molecule has 1 amide bonds. The highest BCUT2D eigenvalue weighted by Gasteiger charge is 2.08. The van der Waals surface area contributed by atoms with Gasteiger partial charge in [-0.15, -0.1) is 0 Å². The van der Waals surface area contributed by atoms with Crippen molar-refractivity contribution in [3.63, 3.8) is 0 Å². The van der Waals surface area contributed by atoms with E-state index >= 15 is 0 Å². The van der Waals surface area contributed by atoms with Gasteiger partial charge in [-0.1, -0.05) is 13.8 Å². The molecular weight excluding hydrogens is 286 g/mol. The summed E-state index contributed by atoms with van der Waals surface area (Å²) in [6.45, 7) is 5.40. The number of aromatic nitrogens is 2. The molecule has 0 atom stereocenters. The van der Waals surface area contributed by atoms with E-state index in [1.54, 1.807) is 7.11 Å². The van der Waals surface area contributed by atoms with Crippen LogP contribution in [-0.2, 0) is 11.3 Å². The van der Waals surface area contributed by atoms with Gasteiger partial charge in [-0.25, -0.2) is 0 Å². The lowest BCUT2D eigenvalue weighted by molar-refractivity contribution is -0.121. The van der Waals surface area contributed by atoms with Gasteiger partial charge in [-0.05, 0) is 30.3 Å². The first-order valence-corrected chi connectivity index (χ1v) is 7.45. The minimum atomic E-state index is 0.0443. The summed E-state index contributed by atoms with van der Waals surface area (Å²) in [6.07, 6.45) is 0.408. The second-order valence-corrected chi connectivity index (χ2v) is 5.80. The fourth-order valence-electron chi connectivity index (χ4n) is 2.10. The van der Waals surface area contributed by atoms with Crippen LogP contribution >= 0.6 is 12.2 Å². The van der Waals surface area contributed by atoms with E-state index in [2.05, 4.69) is 24.1 Å². The molecule has 0 aliphatic heterocycles. The molecule has 0 radical (unpaired) electrons. The average Bonchev–Trinajstić information content (AvgIpc) is 2.77. The number of aryl methyl sites for hydroxylation is 1. The van der Waals surface area contributed by atoms with Crippen LogP contribution < -0.4 is 10.1 Å². The van der Waals surface area contributed by atoms with E-state index in [-0.39, 0.29) is 5.91 Å². The maximum atomic E-state index is 11.8. The number of aromatic amines is 1. The normalized spacial score (nSPS) is 11.0. The fourth-order valence-corrected chi connectivity index (χ4v) is 2.40. The second kappa shape index (κ2) is 6.76. The van der Waals surface area contributed by atoms with Gasteiger partial charge in [0.15, 0.2) is 4.77 Å². The third-order valence-corrected chi connectivity index (χ3v) is 3.57. The lowest BCUT2D eigenvalue weighted by atomic mass is 10.2. The van der Waals surface area contributed by atoms with Crippen LogP contribution in [-0.4, -0.2) is 29.1 Å². The standard InChI is InChI=1S/C15H21N3O2S/c1-10(2)9-16-14(19)6-7-18-13-8-11(20-3)4-5-12(13)17-15(18)21/h4-5,8,10H,6-7,9H2,1-3H3,(H,16,19)(H,17,21). The zero-order valence-corrected chi connectivity index (χ0v) is 13.4. The second-order valence-electron chi connectivity index (χ2n) is 5.41. The van der Waals surface area contributed by atoms with Crippen molar-refractivity contribution in [3.05, 3.63) is 23.0 Å². The molecule has 0 aliphatic rings. The molecule has 2 N–H and O–H groups in total. The van der Waals surface area contributed by atoms with Crippen molar-refractivity contribution in [2.75, 3.05) is 13.7 Å². The quantitative estimate of drug-likeness (QED) is 0.807. The first-order valence-electron chi connectivity index (χ1n) is 7.04. The smallest absolute Gasteiger partial charge is 0.221 e. The Labute approximate surface area is 129 Å². The fraction of sp³-hybridized carbons (Fsp3) is 0.467. The number of carbonyl (C=O) groups is 1. The number of nitrogens with one attached hydrogen (secondary N) is 2. The van der Waals surface area contributed by atoms with Crippen LogP contribution in [0.5, 0.6) is 5.75 Å². The number of amides is 1. The molecule has 0 saturated heterocycles. The monoisotopic (exact) mass is 307 g/mol. The molecule has 0 bridgehead atoms. The summed E-state index contributed by atoms with van der Waals surface area (Å²) in [6, 6.07) is 5.74. The maximum absolute atomic E-state index is 11.8. The van der Waals surface area contributed by atoms with Crippen molar-refractivity contribution in [1.82, 2.24) is 14.9 Å². The van der Waals surface area contributed by atoms with E-state index in [9.17, 15) is 4.79 Å². The Balaban J connectivity index is 2.12. The lowest BCUT2D eigenvalue weighted by Crippen LogP contribution is -2.28. The number of ether oxygens (including phenoxy) is 1. The van der Waals surface area contributed by atoms with E-state index in [1.165, 1.54) is 0 Å². The molecule has 2 aromatic rings. The van der Waals surface area contributed by atoms with Gasteiger partial charge in [0.05, 0.1) is 18.1 Å². The first kappa shape index (κ1) is 15.6. The Morgan fingerprint density at radius 3 is 2.90 bits per heavy atom. The third-order valence-electron chi connectivity index (χ3n) is 3.25. The summed E-state index contributed by atoms with van der Waals surface area (Å²) in [5, 5.41) is 2.91. The maximum Gasteiger partial charge on any atom is 0.221 e. The largest absolute Gasteiger partial charge is 0.497 e. The summed E-state index contributed by atoms with van der Waals surface area (Å²) in [7, 11) is 1.63. The number of fused-ring (bicyclic) bond motifs is 1. The third kappa shape index (κ3) is 3.85. The van der Waals surface area contributed by atoms with Crippen molar-refractivity contribution in [2.24, 2.45) is 5.92 Å². The van der Waals surface area contributed by atoms with E-state index < -0.39 is 0 Å². The van der Waals surface area contributed by atoms with Crippen LogP contribution in [0.1, 0.15) is 20.3 Å². The summed E-state index contributed by atoms with van der Waals surface area (Å²) in [5.74, 6) is 1.27. The van der Waals surface area contributed by atoms with Crippen LogP contribution in [0.15, 0.2) is 18.2 Å². The van der Waals surface area contributed by atoms with E-state index in [1.807, 2.05) is 22.8 Å². The molecule has 0 spiro atoms. The first-order chi connectivity index (χ1) is 10.0. The van der Waals surface area contributed by atoms with Crippen molar-refractivity contribution in [1.29, 1.82) is 0 Å². The highest BCUT2D eigenvalue weighted by Crippen LogP contribution is 2.20. The molecule has 1 aromatic carbocycles. The number of rotatable bonds is 6. The molecule has 5 nitrogen and oxygen atoms in total. The number of nitrogens with zero attached hydrogens (tertiary/aromatic N) is 1. The van der Waals surface area contributed by atoms with E-state index in [4.69, 9.17) is 17.0 Å². The average molecular weight is 307 g/mol. The van der Waals surface area contributed by atoms with Crippen molar-refractivity contribution >= 4 is 29.2 Å². The van der Waals surface area contributed by atoms with Gasteiger partial charge in [0.25, 0.3) is 0 Å². The summed E-state index contributed by atoms with van der Waals surface area (Å²) in [5.41, 5.74) is 1.90. The topological polar surface area (TPSA) is 59.0 Å². The van der Waals surface area contributed by atoms with Gasteiger partial charge in [0.1, 0.15) is 5.75 Å². The van der Waals surface area contributed by atoms with Gasteiger partial charge in [0.2, 0.25) is 5.91 Å². The Bertz CT molecular complexity index is 688. The number of benzene rings is 1. The zero-order chi connectivity index (χ0) is 15.4. The predicted molar refractivity (Wildman–Crippen MR) is 86.1 cm³/mol. The molecule has 21 heavy (non-hydrogen) atoms. The van der Waals surface area contributed by atoms with Gasteiger partial charge in [-0.2, -0.15) is 0 Å². The molecule has 114 valence electrons. The van der Waals surface area contributed by atoms with Crippen molar-refractivity contribution in [2.45, 2.75) is 26.8 Å². The molecule has 2 rings (SSSR count). The van der Waals surface area contributed by atoms with Gasteiger partial charge in [-0.3, -0.25) is 4.79 Å². The van der Waals surface area contributed by atoms with Gasteiger partial charge >= 0.3 is 0 Å². The van der Waals surface area contributed by atoms with Crippen LogP contribution in [0.25, 0.3) is 11.0 Å². The van der Waals surface area contributed by atoms with Crippen molar-refractivity contribution < 1.29 is 9.53 Å². The summed E-state index contributed by atoms with van der Waals surface area (Å²) >= 11 is 5.33. The Hall–Kier alpha value is -1.82. The number of hydrogen-bond acceptors (Lipinski definition) is 3. The number of hydrogen-bond donors (Lipinski definition) is 2. The number of H-pyrrole nitrogens is 1. The molecule has 0 fully saturated rings. The molecular formula is C15H21N3O2S. The highest BCUT2D eigenvalue weighted by molar-refractivity contribution is 7.71. The summed E-state index contributed by atoms with van der Waals surface area (Å²) < 4.78 is 7.79. The molecule has 1 heterocycles. The minimum Gasteiger partial charge on any atom is -0.497 e. The van der Waals surface area contributed by atoms with E-state index in [0.717, 1.165) is 16.8 Å². The molecule has 6 heteroatoms. The number of imidazole rings is 1. The highest BCUT2D eigenvalue weighted by atomic mass is 32.1. The molecule has 0 aliphatic carbocycles. The van der Waals surface area contributed by atoms with Gasteiger partial charge < -0.3 is 19.6 Å². The van der Waals surface area contributed by atoms with Gasteiger partial charge in [0, 0.05) is 25.6 Å². The number of carbonyl (C=O) groups excluding carboxylic acids is 1. The molecule has 0 unspecified atom stereocenters. The van der Waals surface area contributed by atoms with Crippen molar-refractivity contribution in [3.8, 4) is 5.75 Å². The zero-order valence-electron chi connectivity index (χ0n) is 12.6. The molecule has 0 saturated carbocycles. The van der Waals surface area contributed by atoms with Crippen LogP contribution in [0.4, 0.5) is 0 Å². The Morgan fingerprint density at radius 1 is 1.48 bits per heavy atom. The molecule has 1 aromatic heterocycles.